The van der Waals surface area contributed by atoms with E-state index in [1.807, 2.05) is 30.3 Å². The van der Waals surface area contributed by atoms with Crippen LogP contribution in [0.1, 0.15) is 49.4 Å². The van der Waals surface area contributed by atoms with E-state index in [2.05, 4.69) is 20.6 Å². The first-order valence-corrected chi connectivity index (χ1v) is 8.24. The third-order valence-corrected chi connectivity index (χ3v) is 4.86. The molecule has 1 aliphatic rings. The van der Waals surface area contributed by atoms with Crippen LogP contribution >= 0.6 is 0 Å². The van der Waals surface area contributed by atoms with Crippen molar-refractivity contribution in [2.24, 2.45) is 11.8 Å². The second-order valence-corrected chi connectivity index (χ2v) is 6.40. The number of aromatic amines is 1. The standard InChI is InChI=1S/C17H22N4O2/c22-17(23)15(11-13-8-4-5-9-13)14(16-18-20-21-19-16)10-12-6-2-1-3-7-12/h1-3,6-7,13-15H,4-5,8-11H2,(H,22,23)(H,18,19,20,21)/t14-,15-/m0/s1. The molecule has 0 unspecified atom stereocenters. The minimum atomic E-state index is -0.761. The van der Waals surface area contributed by atoms with Crippen molar-refractivity contribution in [3.8, 4) is 0 Å². The van der Waals surface area contributed by atoms with E-state index in [9.17, 15) is 9.90 Å². The van der Waals surface area contributed by atoms with Gasteiger partial charge in [0.2, 0.25) is 0 Å². The van der Waals surface area contributed by atoms with Gasteiger partial charge in [0.1, 0.15) is 0 Å². The van der Waals surface area contributed by atoms with Gasteiger partial charge >= 0.3 is 5.97 Å². The molecule has 6 heteroatoms. The Bertz CT molecular complexity index is 609. The minimum Gasteiger partial charge on any atom is -0.481 e. The molecular weight excluding hydrogens is 292 g/mol. The Morgan fingerprint density at radius 1 is 1.26 bits per heavy atom. The van der Waals surface area contributed by atoms with E-state index < -0.39 is 11.9 Å². The summed E-state index contributed by atoms with van der Waals surface area (Å²) < 4.78 is 0. The Morgan fingerprint density at radius 3 is 2.61 bits per heavy atom. The summed E-state index contributed by atoms with van der Waals surface area (Å²) in [6.45, 7) is 0. The van der Waals surface area contributed by atoms with Crippen molar-refractivity contribution < 1.29 is 9.90 Å². The van der Waals surface area contributed by atoms with Crippen molar-refractivity contribution in [2.75, 3.05) is 0 Å². The highest BCUT2D eigenvalue weighted by Crippen LogP contribution is 2.36. The molecule has 23 heavy (non-hydrogen) atoms. The second kappa shape index (κ2) is 7.35. The van der Waals surface area contributed by atoms with Gasteiger partial charge in [-0.3, -0.25) is 4.79 Å². The Balaban J connectivity index is 1.83. The van der Waals surface area contributed by atoms with Gasteiger partial charge in [-0.25, -0.2) is 0 Å². The van der Waals surface area contributed by atoms with Crippen LogP contribution in [0, 0.1) is 11.8 Å². The summed E-state index contributed by atoms with van der Waals surface area (Å²) in [6.07, 6.45) is 6.00. The van der Waals surface area contributed by atoms with E-state index in [0.717, 1.165) is 18.4 Å². The summed E-state index contributed by atoms with van der Waals surface area (Å²) >= 11 is 0. The molecule has 1 aliphatic carbocycles. The van der Waals surface area contributed by atoms with Gasteiger partial charge in [0.05, 0.1) is 5.92 Å². The van der Waals surface area contributed by atoms with Gasteiger partial charge in [-0.15, -0.1) is 10.2 Å². The smallest absolute Gasteiger partial charge is 0.307 e. The van der Waals surface area contributed by atoms with Gasteiger partial charge in [0.25, 0.3) is 0 Å². The van der Waals surface area contributed by atoms with Crippen LogP contribution < -0.4 is 0 Å². The Hall–Kier alpha value is -2.24. The SMILES string of the molecule is O=C(O)[C@@H](CC1CCCC1)[C@H](Cc1ccccc1)c1nn[nH]n1. The third kappa shape index (κ3) is 3.94. The molecule has 1 saturated carbocycles. The number of rotatable bonds is 7. The van der Waals surface area contributed by atoms with Gasteiger partial charge in [-0.05, 0) is 24.3 Å². The fourth-order valence-corrected chi connectivity index (χ4v) is 3.65. The van der Waals surface area contributed by atoms with Crippen molar-refractivity contribution in [3.05, 3.63) is 41.7 Å². The summed E-state index contributed by atoms with van der Waals surface area (Å²) in [5.41, 5.74) is 1.10. The second-order valence-electron chi connectivity index (χ2n) is 6.40. The number of aliphatic carboxylic acids is 1. The van der Waals surface area contributed by atoms with Crippen molar-refractivity contribution in [1.29, 1.82) is 0 Å². The van der Waals surface area contributed by atoms with Gasteiger partial charge in [0.15, 0.2) is 5.82 Å². The van der Waals surface area contributed by atoms with Crippen LogP contribution in [0.3, 0.4) is 0 Å². The van der Waals surface area contributed by atoms with Crippen LogP contribution in [0.5, 0.6) is 0 Å². The largest absolute Gasteiger partial charge is 0.481 e. The zero-order chi connectivity index (χ0) is 16.1. The first-order chi connectivity index (χ1) is 11.2. The number of hydrogen-bond donors (Lipinski definition) is 2. The van der Waals surface area contributed by atoms with E-state index in [-0.39, 0.29) is 5.92 Å². The van der Waals surface area contributed by atoms with E-state index in [0.29, 0.717) is 24.6 Å². The molecule has 0 amide bonds. The molecule has 0 bridgehead atoms. The zero-order valence-electron chi connectivity index (χ0n) is 13.1. The predicted octanol–water partition coefficient (Wildman–Crippen LogP) is 2.81. The highest BCUT2D eigenvalue weighted by molar-refractivity contribution is 5.71. The monoisotopic (exact) mass is 314 g/mol. The Kier molecular flexibility index (Phi) is 5.00. The average molecular weight is 314 g/mol. The molecule has 6 nitrogen and oxygen atoms in total. The lowest BCUT2D eigenvalue weighted by molar-refractivity contribution is -0.143. The topological polar surface area (TPSA) is 91.8 Å². The molecule has 0 spiro atoms. The maximum Gasteiger partial charge on any atom is 0.307 e. The van der Waals surface area contributed by atoms with Crippen molar-refractivity contribution in [1.82, 2.24) is 20.6 Å². The predicted molar refractivity (Wildman–Crippen MR) is 84.8 cm³/mol. The molecule has 1 heterocycles. The maximum absolute atomic E-state index is 11.9. The summed E-state index contributed by atoms with van der Waals surface area (Å²) in [7, 11) is 0. The fraction of sp³-hybridized carbons (Fsp3) is 0.529. The average Bonchev–Trinajstić information content (AvgIpc) is 3.25. The number of carbonyl (C=O) groups is 1. The molecule has 0 aliphatic heterocycles. The number of carboxylic acids is 1. The molecule has 2 aromatic rings. The van der Waals surface area contributed by atoms with Crippen LogP contribution in [0.4, 0.5) is 0 Å². The van der Waals surface area contributed by atoms with Gasteiger partial charge in [-0.2, -0.15) is 5.21 Å². The maximum atomic E-state index is 11.9. The van der Waals surface area contributed by atoms with E-state index >= 15 is 0 Å². The van der Waals surface area contributed by atoms with Crippen LogP contribution in [-0.2, 0) is 11.2 Å². The van der Waals surface area contributed by atoms with E-state index in [4.69, 9.17) is 0 Å². The molecule has 1 fully saturated rings. The van der Waals surface area contributed by atoms with Crippen molar-refractivity contribution >= 4 is 5.97 Å². The van der Waals surface area contributed by atoms with Crippen molar-refractivity contribution in [2.45, 2.75) is 44.4 Å². The highest BCUT2D eigenvalue weighted by Gasteiger charge is 2.35. The molecule has 2 N–H and O–H groups in total. The molecule has 0 radical (unpaired) electrons. The molecule has 122 valence electrons. The first-order valence-electron chi connectivity index (χ1n) is 8.24. The molecule has 3 rings (SSSR count). The fourth-order valence-electron chi connectivity index (χ4n) is 3.65. The summed E-state index contributed by atoms with van der Waals surface area (Å²) in [5.74, 6) is -0.492. The number of carboxylic acid groups (broad SMARTS) is 1. The van der Waals surface area contributed by atoms with E-state index in [1.165, 1.54) is 12.8 Å². The van der Waals surface area contributed by atoms with Crippen LogP contribution in [-0.4, -0.2) is 31.7 Å². The lowest BCUT2D eigenvalue weighted by atomic mass is 9.80. The number of nitrogens with zero attached hydrogens (tertiary/aromatic N) is 3. The first kappa shape index (κ1) is 15.6. The number of nitrogens with one attached hydrogen (secondary N) is 1. The molecule has 2 atom stereocenters. The molecular formula is C17H22N4O2. The van der Waals surface area contributed by atoms with E-state index in [1.54, 1.807) is 0 Å². The zero-order valence-corrected chi connectivity index (χ0v) is 13.1. The van der Waals surface area contributed by atoms with Gasteiger partial charge in [-0.1, -0.05) is 61.2 Å². The Labute approximate surface area is 135 Å². The summed E-state index contributed by atoms with van der Waals surface area (Å²) in [4.78, 5) is 11.9. The number of tetrazole rings is 1. The third-order valence-electron chi connectivity index (χ3n) is 4.86. The summed E-state index contributed by atoms with van der Waals surface area (Å²) in [5, 5.41) is 24.0. The van der Waals surface area contributed by atoms with Crippen LogP contribution in [0.25, 0.3) is 0 Å². The van der Waals surface area contributed by atoms with Crippen LogP contribution in [0.2, 0.25) is 0 Å². The molecule has 1 aromatic carbocycles. The van der Waals surface area contributed by atoms with Crippen LogP contribution in [0.15, 0.2) is 30.3 Å². The van der Waals surface area contributed by atoms with Gasteiger partial charge < -0.3 is 5.11 Å². The lowest BCUT2D eigenvalue weighted by Gasteiger charge is -2.24. The Morgan fingerprint density at radius 2 is 2.00 bits per heavy atom. The highest BCUT2D eigenvalue weighted by atomic mass is 16.4. The number of H-pyrrole nitrogens is 1. The number of benzene rings is 1. The number of aromatic nitrogens is 4. The molecule has 1 aromatic heterocycles. The van der Waals surface area contributed by atoms with Crippen molar-refractivity contribution in [3.63, 3.8) is 0 Å². The number of hydrogen-bond acceptors (Lipinski definition) is 4. The minimum absolute atomic E-state index is 0.255. The van der Waals surface area contributed by atoms with Gasteiger partial charge in [0, 0.05) is 5.92 Å². The lowest BCUT2D eigenvalue weighted by Crippen LogP contribution is -2.27. The summed E-state index contributed by atoms with van der Waals surface area (Å²) in [6, 6.07) is 9.92. The normalized spacial score (nSPS) is 17.9. The molecule has 0 saturated heterocycles. The quantitative estimate of drug-likeness (QED) is 0.820.